The monoisotopic (exact) mass is 210 g/mol. The van der Waals surface area contributed by atoms with Crippen molar-refractivity contribution in [3.63, 3.8) is 0 Å². The van der Waals surface area contributed by atoms with Gasteiger partial charge in [-0.3, -0.25) is 9.97 Å². The Hall–Kier alpha value is -2.22. The average Bonchev–Trinajstić information content (AvgIpc) is 2.42. The van der Waals surface area contributed by atoms with Crippen molar-refractivity contribution in [2.45, 2.75) is 0 Å². The number of rotatable bonds is 2. The second-order valence-electron chi connectivity index (χ2n) is 2.91. The molecule has 0 spiro atoms. The van der Waals surface area contributed by atoms with Crippen LogP contribution in [0.15, 0.2) is 68.5 Å². The molecule has 0 unspecified atom stereocenters. The van der Waals surface area contributed by atoms with Crippen molar-refractivity contribution in [2.24, 2.45) is 0 Å². The van der Waals surface area contributed by atoms with E-state index in [0.717, 1.165) is 17.0 Å². The molecule has 0 aliphatic heterocycles. The summed E-state index contributed by atoms with van der Waals surface area (Å²) >= 11 is 0. The fourth-order valence-corrected chi connectivity index (χ4v) is 1.21. The maximum atomic E-state index is 4.22. The predicted octanol–water partition coefficient (Wildman–Crippen LogP) is 3.34. The molecule has 0 aromatic carbocycles. The molecule has 0 aliphatic rings. The van der Waals surface area contributed by atoms with Crippen molar-refractivity contribution in [1.29, 1.82) is 0 Å². The highest BCUT2D eigenvalue weighted by Crippen LogP contribution is 2.15. The van der Waals surface area contributed by atoms with E-state index in [1.165, 1.54) is 0 Å². The zero-order valence-corrected chi connectivity index (χ0v) is 9.13. The third kappa shape index (κ3) is 2.89. The zero-order chi connectivity index (χ0) is 11.8. The van der Waals surface area contributed by atoms with Gasteiger partial charge in [-0.25, -0.2) is 0 Å². The standard InChI is InChI=1S/C12H10N2.C2H4/c1-10(11-6-2-4-8-13-11)12-7-3-5-9-14-12;1-2/h2-9H,1H2;1-2H2. The van der Waals surface area contributed by atoms with Gasteiger partial charge in [-0.2, -0.15) is 0 Å². The molecule has 0 aliphatic carbocycles. The molecule has 2 aromatic rings. The molecule has 0 amide bonds. The molecule has 16 heavy (non-hydrogen) atoms. The Morgan fingerprint density at radius 1 is 0.812 bits per heavy atom. The summed E-state index contributed by atoms with van der Waals surface area (Å²) < 4.78 is 0. The van der Waals surface area contributed by atoms with Crippen LogP contribution >= 0.6 is 0 Å². The normalized spacial score (nSPS) is 8.75. The van der Waals surface area contributed by atoms with Gasteiger partial charge in [0.25, 0.3) is 0 Å². The first-order valence-corrected chi connectivity index (χ1v) is 4.89. The topological polar surface area (TPSA) is 25.8 Å². The average molecular weight is 210 g/mol. The summed E-state index contributed by atoms with van der Waals surface area (Å²) in [5.41, 5.74) is 2.59. The van der Waals surface area contributed by atoms with Gasteiger partial charge in [0.05, 0.1) is 11.4 Å². The lowest BCUT2D eigenvalue weighted by molar-refractivity contribution is 1.23. The van der Waals surface area contributed by atoms with Crippen LogP contribution in [0.2, 0.25) is 0 Å². The Morgan fingerprint density at radius 2 is 1.25 bits per heavy atom. The van der Waals surface area contributed by atoms with E-state index in [1.807, 2.05) is 36.4 Å². The van der Waals surface area contributed by atoms with Gasteiger partial charge in [0.2, 0.25) is 0 Å². The lowest BCUT2D eigenvalue weighted by atomic mass is 10.1. The summed E-state index contributed by atoms with van der Waals surface area (Å²) in [4.78, 5) is 8.43. The minimum atomic E-state index is 0.853. The molecule has 2 nitrogen and oxygen atoms in total. The highest BCUT2D eigenvalue weighted by Gasteiger charge is 2.02. The molecule has 80 valence electrons. The predicted molar refractivity (Wildman–Crippen MR) is 67.9 cm³/mol. The largest absolute Gasteiger partial charge is 0.256 e. The van der Waals surface area contributed by atoms with Gasteiger partial charge >= 0.3 is 0 Å². The van der Waals surface area contributed by atoms with Crippen LogP contribution in [0.5, 0.6) is 0 Å². The van der Waals surface area contributed by atoms with Crippen molar-refractivity contribution in [1.82, 2.24) is 9.97 Å². The molecule has 0 fully saturated rings. The summed E-state index contributed by atoms with van der Waals surface area (Å²) in [6, 6.07) is 11.5. The third-order valence-corrected chi connectivity index (χ3v) is 1.95. The summed E-state index contributed by atoms with van der Waals surface area (Å²) in [5, 5.41) is 0. The maximum Gasteiger partial charge on any atom is 0.0717 e. The number of hydrogen-bond acceptors (Lipinski definition) is 2. The molecule has 0 atom stereocenters. The zero-order valence-electron chi connectivity index (χ0n) is 9.13. The van der Waals surface area contributed by atoms with Gasteiger partial charge in [-0.1, -0.05) is 18.7 Å². The van der Waals surface area contributed by atoms with Crippen LogP contribution in [0.4, 0.5) is 0 Å². The van der Waals surface area contributed by atoms with E-state index in [4.69, 9.17) is 0 Å². The number of pyridine rings is 2. The second kappa shape index (κ2) is 6.30. The number of aromatic nitrogens is 2. The lowest BCUT2D eigenvalue weighted by Gasteiger charge is -2.02. The highest BCUT2D eigenvalue weighted by molar-refractivity contribution is 5.73. The van der Waals surface area contributed by atoms with Crippen LogP contribution < -0.4 is 0 Å². The van der Waals surface area contributed by atoms with E-state index in [1.54, 1.807) is 12.4 Å². The number of nitrogens with zero attached hydrogens (tertiary/aromatic N) is 2. The molecule has 2 heterocycles. The van der Waals surface area contributed by atoms with Gasteiger partial charge in [0, 0.05) is 18.0 Å². The van der Waals surface area contributed by atoms with Crippen molar-refractivity contribution in [2.75, 3.05) is 0 Å². The first kappa shape index (κ1) is 11.9. The van der Waals surface area contributed by atoms with Gasteiger partial charge in [0.15, 0.2) is 0 Å². The van der Waals surface area contributed by atoms with Crippen LogP contribution in [0, 0.1) is 0 Å². The molecule has 0 saturated heterocycles. The SMILES string of the molecule is C=C.C=C(c1ccccn1)c1ccccn1. The van der Waals surface area contributed by atoms with Gasteiger partial charge < -0.3 is 0 Å². The maximum absolute atomic E-state index is 4.22. The van der Waals surface area contributed by atoms with Crippen molar-refractivity contribution in [3.05, 3.63) is 79.9 Å². The third-order valence-electron chi connectivity index (χ3n) is 1.95. The van der Waals surface area contributed by atoms with Gasteiger partial charge in [0.1, 0.15) is 0 Å². The minimum Gasteiger partial charge on any atom is -0.256 e. The van der Waals surface area contributed by atoms with Crippen molar-refractivity contribution >= 4 is 5.57 Å². The first-order valence-electron chi connectivity index (χ1n) is 4.89. The van der Waals surface area contributed by atoms with E-state index in [2.05, 4.69) is 29.7 Å². The summed E-state index contributed by atoms with van der Waals surface area (Å²) in [6.45, 7) is 9.97. The van der Waals surface area contributed by atoms with E-state index in [9.17, 15) is 0 Å². The van der Waals surface area contributed by atoms with E-state index < -0.39 is 0 Å². The van der Waals surface area contributed by atoms with E-state index >= 15 is 0 Å². The fourth-order valence-electron chi connectivity index (χ4n) is 1.21. The minimum absolute atomic E-state index is 0.853. The molecule has 2 rings (SSSR count). The second-order valence-corrected chi connectivity index (χ2v) is 2.91. The molecule has 0 bridgehead atoms. The van der Waals surface area contributed by atoms with Crippen LogP contribution in [0.1, 0.15) is 11.4 Å². The van der Waals surface area contributed by atoms with Gasteiger partial charge in [-0.15, -0.1) is 13.2 Å². The Labute approximate surface area is 96.0 Å². The van der Waals surface area contributed by atoms with Crippen molar-refractivity contribution in [3.8, 4) is 0 Å². The molecule has 0 N–H and O–H groups in total. The van der Waals surface area contributed by atoms with Gasteiger partial charge in [-0.05, 0) is 24.3 Å². The first-order chi connectivity index (χ1) is 7.88. The fraction of sp³-hybridized carbons (Fsp3) is 0. The molecule has 2 heteroatoms. The van der Waals surface area contributed by atoms with Crippen molar-refractivity contribution < 1.29 is 0 Å². The molecule has 2 aromatic heterocycles. The summed E-state index contributed by atoms with van der Waals surface area (Å²) in [5.74, 6) is 0. The molecular formula is C14H14N2. The summed E-state index contributed by atoms with van der Waals surface area (Å²) in [6.07, 6.45) is 3.51. The molecule has 0 radical (unpaired) electrons. The Morgan fingerprint density at radius 3 is 1.56 bits per heavy atom. The highest BCUT2D eigenvalue weighted by atomic mass is 14.7. The Bertz CT molecular complexity index is 393. The van der Waals surface area contributed by atoms with Crippen LogP contribution in [0.3, 0.4) is 0 Å². The van der Waals surface area contributed by atoms with Crippen LogP contribution in [-0.4, -0.2) is 9.97 Å². The Balaban J connectivity index is 0.000000606. The van der Waals surface area contributed by atoms with E-state index in [0.29, 0.717) is 0 Å². The lowest BCUT2D eigenvalue weighted by Crippen LogP contribution is -1.91. The Kier molecular flexibility index (Phi) is 4.67. The van der Waals surface area contributed by atoms with Crippen LogP contribution in [-0.2, 0) is 0 Å². The molecule has 0 saturated carbocycles. The summed E-state index contributed by atoms with van der Waals surface area (Å²) in [7, 11) is 0. The van der Waals surface area contributed by atoms with E-state index in [-0.39, 0.29) is 0 Å². The quantitative estimate of drug-likeness (QED) is 0.710. The molecular weight excluding hydrogens is 196 g/mol. The number of hydrogen-bond donors (Lipinski definition) is 0. The smallest absolute Gasteiger partial charge is 0.0717 e. The van der Waals surface area contributed by atoms with Crippen LogP contribution in [0.25, 0.3) is 5.57 Å².